The summed E-state index contributed by atoms with van der Waals surface area (Å²) < 4.78 is 7.62. The molecule has 0 amide bonds. The maximum absolute atomic E-state index is 5.54. The summed E-state index contributed by atoms with van der Waals surface area (Å²) in [6, 6.07) is 10.9. The molecule has 1 aliphatic rings. The summed E-state index contributed by atoms with van der Waals surface area (Å²) in [6.07, 6.45) is 2.67. The average molecular weight is 400 g/mol. The lowest BCUT2D eigenvalue weighted by Gasteiger charge is -2.34. The van der Waals surface area contributed by atoms with Crippen molar-refractivity contribution in [3.05, 3.63) is 48.0 Å². The predicted octanol–water partition coefficient (Wildman–Crippen LogP) is 1.47. The molecule has 3 rings (SSSR count). The number of benzene rings is 1. The monoisotopic (exact) mass is 399 g/mol. The number of aryl methyl sites for hydroxylation is 1. The topological polar surface area (TPSA) is 79.6 Å². The molecule has 8 nitrogen and oxygen atoms in total. The van der Waals surface area contributed by atoms with Crippen molar-refractivity contribution in [2.24, 2.45) is 4.99 Å². The van der Waals surface area contributed by atoms with Gasteiger partial charge in [0.1, 0.15) is 12.2 Å². The number of nitrogens with zero attached hydrogens (tertiary/aromatic N) is 5. The molecule has 0 saturated carbocycles. The van der Waals surface area contributed by atoms with Crippen molar-refractivity contribution in [2.45, 2.75) is 32.9 Å². The van der Waals surface area contributed by atoms with Crippen LogP contribution in [0.1, 0.15) is 31.3 Å². The minimum absolute atomic E-state index is 0.250. The largest absolute Gasteiger partial charge is 0.379 e. The van der Waals surface area contributed by atoms with Gasteiger partial charge in [-0.25, -0.2) is 0 Å². The van der Waals surface area contributed by atoms with E-state index in [0.29, 0.717) is 6.54 Å². The van der Waals surface area contributed by atoms with Gasteiger partial charge in [-0.15, -0.1) is 10.2 Å². The molecule has 0 bridgehead atoms. The second-order valence-electron chi connectivity index (χ2n) is 7.02. The lowest BCUT2D eigenvalue weighted by Crippen LogP contribution is -2.42. The molecule has 8 heteroatoms. The van der Waals surface area contributed by atoms with Crippen molar-refractivity contribution in [1.29, 1.82) is 0 Å². The molecule has 29 heavy (non-hydrogen) atoms. The van der Waals surface area contributed by atoms with E-state index >= 15 is 0 Å². The van der Waals surface area contributed by atoms with Crippen LogP contribution >= 0.6 is 0 Å². The van der Waals surface area contributed by atoms with Crippen molar-refractivity contribution >= 4 is 5.96 Å². The summed E-state index contributed by atoms with van der Waals surface area (Å²) >= 11 is 0. The fourth-order valence-corrected chi connectivity index (χ4v) is 3.55. The van der Waals surface area contributed by atoms with Gasteiger partial charge in [-0.2, -0.15) is 0 Å². The zero-order valence-corrected chi connectivity index (χ0v) is 17.5. The number of ether oxygens (including phenoxy) is 1. The summed E-state index contributed by atoms with van der Waals surface area (Å²) in [4.78, 5) is 7.37. The molecule has 2 heterocycles. The first kappa shape index (κ1) is 21.3. The molecule has 1 saturated heterocycles. The van der Waals surface area contributed by atoms with Crippen LogP contribution in [0.5, 0.6) is 0 Å². The molecule has 1 aliphatic heterocycles. The fourth-order valence-electron chi connectivity index (χ4n) is 3.55. The second kappa shape index (κ2) is 11.5. The molecular formula is C21H33N7O. The van der Waals surface area contributed by atoms with Crippen molar-refractivity contribution in [1.82, 2.24) is 30.3 Å². The Bertz CT molecular complexity index is 740. The van der Waals surface area contributed by atoms with Gasteiger partial charge in [0.05, 0.1) is 25.8 Å². The Kier molecular flexibility index (Phi) is 8.45. The van der Waals surface area contributed by atoms with Gasteiger partial charge >= 0.3 is 0 Å². The van der Waals surface area contributed by atoms with Crippen LogP contribution in [0.2, 0.25) is 0 Å². The Balaban J connectivity index is 1.63. The number of aromatic nitrogens is 3. The van der Waals surface area contributed by atoms with Gasteiger partial charge in [-0.1, -0.05) is 37.3 Å². The Morgan fingerprint density at radius 2 is 1.97 bits per heavy atom. The van der Waals surface area contributed by atoms with Gasteiger partial charge in [-0.3, -0.25) is 9.89 Å². The molecule has 0 spiro atoms. The lowest BCUT2D eigenvalue weighted by molar-refractivity contribution is 0.0179. The van der Waals surface area contributed by atoms with E-state index in [2.05, 4.69) is 74.5 Å². The van der Waals surface area contributed by atoms with E-state index in [0.717, 1.165) is 64.1 Å². The van der Waals surface area contributed by atoms with Crippen LogP contribution in [0.25, 0.3) is 0 Å². The van der Waals surface area contributed by atoms with E-state index in [9.17, 15) is 0 Å². The third kappa shape index (κ3) is 6.27. The van der Waals surface area contributed by atoms with Crippen LogP contribution in [-0.2, 0) is 17.7 Å². The number of hydrogen-bond acceptors (Lipinski definition) is 5. The summed E-state index contributed by atoms with van der Waals surface area (Å²) in [5, 5.41) is 14.9. The second-order valence-corrected chi connectivity index (χ2v) is 7.02. The van der Waals surface area contributed by atoms with E-state index in [1.54, 1.807) is 6.33 Å². The number of hydrogen-bond donors (Lipinski definition) is 2. The minimum Gasteiger partial charge on any atom is -0.379 e. The summed E-state index contributed by atoms with van der Waals surface area (Å²) in [6.45, 7) is 10.7. The molecule has 2 aromatic rings. The first-order chi connectivity index (χ1) is 14.3. The molecular weight excluding hydrogens is 366 g/mol. The van der Waals surface area contributed by atoms with E-state index < -0.39 is 0 Å². The Morgan fingerprint density at radius 3 is 2.69 bits per heavy atom. The van der Waals surface area contributed by atoms with Crippen molar-refractivity contribution < 1.29 is 4.74 Å². The summed E-state index contributed by atoms with van der Waals surface area (Å²) in [5.74, 6) is 1.85. The van der Waals surface area contributed by atoms with E-state index in [1.165, 1.54) is 5.56 Å². The minimum atomic E-state index is 0.250. The third-order valence-electron chi connectivity index (χ3n) is 5.09. The highest BCUT2D eigenvalue weighted by atomic mass is 16.5. The molecule has 1 atom stereocenters. The standard InChI is InChI=1S/C21H33N7O/c1-3-20-26-25-17-28(20)11-10-23-21(22-4-2)24-16-19(18-8-6-5-7-9-18)27-12-14-29-15-13-27/h5-9,17,19H,3-4,10-16H2,1-2H3,(H2,22,23,24). The molecule has 1 unspecified atom stereocenters. The predicted molar refractivity (Wildman–Crippen MR) is 115 cm³/mol. The van der Waals surface area contributed by atoms with Gasteiger partial charge in [0.2, 0.25) is 0 Å². The SMILES string of the molecule is CCNC(=NCC(c1ccccc1)N1CCOCC1)NCCn1cnnc1CC. The fraction of sp³-hybridized carbons (Fsp3) is 0.571. The zero-order chi connectivity index (χ0) is 20.3. The number of morpholine rings is 1. The van der Waals surface area contributed by atoms with Crippen LogP contribution in [-0.4, -0.2) is 71.6 Å². The molecule has 0 aliphatic carbocycles. The van der Waals surface area contributed by atoms with Crippen LogP contribution in [0.3, 0.4) is 0 Å². The maximum atomic E-state index is 5.54. The smallest absolute Gasteiger partial charge is 0.191 e. The van der Waals surface area contributed by atoms with Crippen LogP contribution in [0.15, 0.2) is 41.7 Å². The summed E-state index contributed by atoms with van der Waals surface area (Å²) in [7, 11) is 0. The van der Waals surface area contributed by atoms with Crippen LogP contribution in [0.4, 0.5) is 0 Å². The molecule has 1 aromatic heterocycles. The first-order valence-electron chi connectivity index (χ1n) is 10.6. The highest BCUT2D eigenvalue weighted by Crippen LogP contribution is 2.22. The zero-order valence-electron chi connectivity index (χ0n) is 17.5. The molecule has 2 N–H and O–H groups in total. The highest BCUT2D eigenvalue weighted by Gasteiger charge is 2.22. The normalized spacial score (nSPS) is 16.6. The Labute approximate surface area is 173 Å². The number of guanidine groups is 1. The van der Waals surface area contributed by atoms with Gasteiger partial charge in [-0.05, 0) is 12.5 Å². The van der Waals surface area contributed by atoms with Gasteiger partial charge < -0.3 is 19.9 Å². The van der Waals surface area contributed by atoms with Crippen molar-refractivity contribution in [2.75, 3.05) is 45.9 Å². The lowest BCUT2D eigenvalue weighted by atomic mass is 10.1. The number of rotatable bonds is 9. The van der Waals surface area contributed by atoms with Crippen LogP contribution < -0.4 is 10.6 Å². The third-order valence-corrected chi connectivity index (χ3v) is 5.09. The average Bonchev–Trinajstić information content (AvgIpc) is 3.23. The van der Waals surface area contributed by atoms with E-state index in [-0.39, 0.29) is 6.04 Å². The number of aliphatic imine (C=N–C) groups is 1. The van der Waals surface area contributed by atoms with E-state index in [1.807, 2.05) is 0 Å². The molecule has 1 fully saturated rings. The summed E-state index contributed by atoms with van der Waals surface area (Å²) in [5.41, 5.74) is 1.30. The van der Waals surface area contributed by atoms with Gasteiger partial charge in [0.25, 0.3) is 0 Å². The number of nitrogens with one attached hydrogen (secondary N) is 2. The molecule has 0 radical (unpaired) electrons. The van der Waals surface area contributed by atoms with Crippen LogP contribution in [0, 0.1) is 0 Å². The van der Waals surface area contributed by atoms with E-state index in [4.69, 9.17) is 9.73 Å². The molecule has 1 aromatic carbocycles. The quantitative estimate of drug-likeness (QED) is 0.491. The van der Waals surface area contributed by atoms with Crippen molar-refractivity contribution in [3.63, 3.8) is 0 Å². The van der Waals surface area contributed by atoms with Gasteiger partial charge in [0.15, 0.2) is 5.96 Å². The Hall–Kier alpha value is -2.45. The maximum Gasteiger partial charge on any atom is 0.191 e. The molecule has 158 valence electrons. The Morgan fingerprint density at radius 1 is 1.17 bits per heavy atom. The first-order valence-corrected chi connectivity index (χ1v) is 10.6. The highest BCUT2D eigenvalue weighted by molar-refractivity contribution is 5.79. The van der Waals surface area contributed by atoms with Crippen molar-refractivity contribution in [3.8, 4) is 0 Å². The van der Waals surface area contributed by atoms with Gasteiger partial charge in [0, 0.05) is 39.1 Å².